The summed E-state index contributed by atoms with van der Waals surface area (Å²) in [5.41, 5.74) is 7.90. The number of nitrogens with zero attached hydrogens (tertiary/aromatic N) is 1. The van der Waals surface area contributed by atoms with Gasteiger partial charge in [0.1, 0.15) is 0 Å². The zero-order chi connectivity index (χ0) is 14.2. The summed E-state index contributed by atoms with van der Waals surface area (Å²) < 4.78 is 39.8. The summed E-state index contributed by atoms with van der Waals surface area (Å²) in [5, 5.41) is 0. The Labute approximate surface area is 109 Å². The van der Waals surface area contributed by atoms with Gasteiger partial charge >= 0.3 is 0 Å². The first-order valence-corrected chi connectivity index (χ1v) is 5.74. The van der Waals surface area contributed by atoms with E-state index in [4.69, 9.17) is 5.73 Å². The standard InChI is InChI=1S/C14H13F3N2/c1-7-5-9(6-8(2)19-7)14(18)10-3-4-11(15)13(17)12(10)16/h3-6,14H,18H2,1-2H3. The number of benzene rings is 1. The number of hydrogen-bond acceptors (Lipinski definition) is 2. The topological polar surface area (TPSA) is 38.9 Å². The Bertz CT molecular complexity index is 606. The van der Waals surface area contributed by atoms with Crippen molar-refractivity contribution in [1.29, 1.82) is 0 Å². The van der Waals surface area contributed by atoms with Gasteiger partial charge in [-0.2, -0.15) is 0 Å². The van der Waals surface area contributed by atoms with Gasteiger partial charge in [-0.05, 0) is 37.6 Å². The maximum atomic E-state index is 13.7. The van der Waals surface area contributed by atoms with Gasteiger partial charge in [0.25, 0.3) is 0 Å². The molecule has 2 rings (SSSR count). The number of rotatable bonds is 2. The van der Waals surface area contributed by atoms with Crippen LogP contribution in [0, 0.1) is 31.3 Å². The molecule has 0 aliphatic heterocycles. The van der Waals surface area contributed by atoms with Crippen LogP contribution in [0.3, 0.4) is 0 Å². The lowest BCUT2D eigenvalue weighted by molar-refractivity contribution is 0.438. The predicted molar refractivity (Wildman–Crippen MR) is 66.1 cm³/mol. The summed E-state index contributed by atoms with van der Waals surface area (Å²) in [6, 6.07) is 4.55. The number of nitrogens with two attached hydrogens (primary N) is 1. The van der Waals surface area contributed by atoms with Gasteiger partial charge < -0.3 is 5.73 Å². The number of hydrogen-bond donors (Lipinski definition) is 1. The zero-order valence-electron chi connectivity index (χ0n) is 10.5. The monoisotopic (exact) mass is 266 g/mol. The highest BCUT2D eigenvalue weighted by atomic mass is 19.2. The van der Waals surface area contributed by atoms with E-state index < -0.39 is 23.5 Å². The Morgan fingerprint density at radius 1 is 1.00 bits per heavy atom. The molecule has 1 heterocycles. The van der Waals surface area contributed by atoms with Crippen molar-refractivity contribution in [2.24, 2.45) is 5.73 Å². The van der Waals surface area contributed by atoms with Crippen molar-refractivity contribution in [1.82, 2.24) is 4.98 Å². The summed E-state index contributed by atoms with van der Waals surface area (Å²) >= 11 is 0. The number of aromatic nitrogens is 1. The van der Waals surface area contributed by atoms with E-state index in [2.05, 4.69) is 4.98 Å². The van der Waals surface area contributed by atoms with Gasteiger partial charge in [0, 0.05) is 17.0 Å². The average Bonchev–Trinajstić information content (AvgIpc) is 2.34. The third kappa shape index (κ3) is 2.61. The molecular formula is C14H13F3N2. The highest BCUT2D eigenvalue weighted by Crippen LogP contribution is 2.25. The lowest BCUT2D eigenvalue weighted by Gasteiger charge is -2.15. The van der Waals surface area contributed by atoms with E-state index >= 15 is 0 Å². The lowest BCUT2D eigenvalue weighted by atomic mass is 9.98. The van der Waals surface area contributed by atoms with Gasteiger partial charge in [0.05, 0.1) is 6.04 Å². The highest BCUT2D eigenvalue weighted by Gasteiger charge is 2.19. The third-order valence-electron chi connectivity index (χ3n) is 2.86. The van der Waals surface area contributed by atoms with Gasteiger partial charge in [0.15, 0.2) is 17.5 Å². The third-order valence-corrected chi connectivity index (χ3v) is 2.86. The van der Waals surface area contributed by atoms with E-state index in [0.717, 1.165) is 23.5 Å². The molecule has 0 saturated carbocycles. The fraction of sp³-hybridized carbons (Fsp3) is 0.214. The maximum Gasteiger partial charge on any atom is 0.194 e. The Balaban J connectivity index is 2.50. The van der Waals surface area contributed by atoms with Crippen molar-refractivity contribution in [3.8, 4) is 0 Å². The summed E-state index contributed by atoms with van der Waals surface area (Å²) in [6.07, 6.45) is 0. The quantitative estimate of drug-likeness (QED) is 0.848. The second-order valence-electron chi connectivity index (χ2n) is 4.43. The Kier molecular flexibility index (Phi) is 3.57. The average molecular weight is 266 g/mol. The van der Waals surface area contributed by atoms with Gasteiger partial charge in [-0.15, -0.1) is 0 Å². The molecule has 0 saturated heterocycles. The Morgan fingerprint density at radius 3 is 2.16 bits per heavy atom. The number of aryl methyl sites for hydroxylation is 2. The van der Waals surface area contributed by atoms with E-state index in [9.17, 15) is 13.2 Å². The number of halogens is 3. The molecule has 1 aromatic carbocycles. The molecule has 19 heavy (non-hydrogen) atoms. The van der Waals surface area contributed by atoms with E-state index in [0.29, 0.717) is 5.56 Å². The molecular weight excluding hydrogens is 253 g/mol. The second kappa shape index (κ2) is 5.01. The fourth-order valence-electron chi connectivity index (χ4n) is 2.01. The van der Waals surface area contributed by atoms with E-state index in [1.807, 2.05) is 0 Å². The van der Waals surface area contributed by atoms with Crippen LogP contribution >= 0.6 is 0 Å². The fourth-order valence-corrected chi connectivity index (χ4v) is 2.01. The maximum absolute atomic E-state index is 13.7. The minimum absolute atomic E-state index is 0.0797. The second-order valence-corrected chi connectivity index (χ2v) is 4.43. The van der Waals surface area contributed by atoms with E-state index in [1.165, 1.54) is 0 Å². The minimum atomic E-state index is -1.50. The number of pyridine rings is 1. The highest BCUT2D eigenvalue weighted by molar-refractivity contribution is 5.34. The molecule has 100 valence electrons. The van der Waals surface area contributed by atoms with Crippen LogP contribution in [0.25, 0.3) is 0 Å². The van der Waals surface area contributed by atoms with Gasteiger partial charge in [0.2, 0.25) is 0 Å². The lowest BCUT2D eigenvalue weighted by Crippen LogP contribution is -2.15. The molecule has 0 radical (unpaired) electrons. The van der Waals surface area contributed by atoms with Crippen molar-refractivity contribution in [3.05, 3.63) is 64.2 Å². The molecule has 1 aromatic heterocycles. The molecule has 0 fully saturated rings. The first-order valence-electron chi connectivity index (χ1n) is 5.74. The van der Waals surface area contributed by atoms with Crippen molar-refractivity contribution < 1.29 is 13.2 Å². The van der Waals surface area contributed by atoms with E-state index in [-0.39, 0.29) is 5.56 Å². The first kappa shape index (κ1) is 13.5. The van der Waals surface area contributed by atoms with Crippen molar-refractivity contribution in [3.63, 3.8) is 0 Å². The van der Waals surface area contributed by atoms with Crippen LogP contribution in [-0.4, -0.2) is 4.98 Å². The molecule has 0 bridgehead atoms. The molecule has 2 N–H and O–H groups in total. The van der Waals surface area contributed by atoms with Crippen molar-refractivity contribution in [2.45, 2.75) is 19.9 Å². The van der Waals surface area contributed by atoms with Gasteiger partial charge in [-0.3, -0.25) is 4.98 Å². The van der Waals surface area contributed by atoms with Crippen LogP contribution in [0.15, 0.2) is 24.3 Å². The normalized spacial score (nSPS) is 12.5. The minimum Gasteiger partial charge on any atom is -0.320 e. The smallest absolute Gasteiger partial charge is 0.194 e. The molecule has 2 nitrogen and oxygen atoms in total. The molecule has 0 aliphatic carbocycles. The largest absolute Gasteiger partial charge is 0.320 e. The van der Waals surface area contributed by atoms with Crippen molar-refractivity contribution >= 4 is 0 Å². The summed E-state index contributed by atoms with van der Waals surface area (Å²) in [7, 11) is 0. The molecule has 0 spiro atoms. The van der Waals surface area contributed by atoms with Gasteiger partial charge in [-0.25, -0.2) is 13.2 Å². The first-order chi connectivity index (χ1) is 8.90. The van der Waals surface area contributed by atoms with Crippen LogP contribution in [0.4, 0.5) is 13.2 Å². The van der Waals surface area contributed by atoms with Crippen LogP contribution in [0.1, 0.15) is 28.6 Å². The SMILES string of the molecule is Cc1cc(C(N)c2ccc(F)c(F)c2F)cc(C)n1. The predicted octanol–water partition coefficient (Wildman–Crippen LogP) is 3.16. The van der Waals surface area contributed by atoms with Crippen LogP contribution < -0.4 is 5.73 Å². The molecule has 1 unspecified atom stereocenters. The van der Waals surface area contributed by atoms with E-state index in [1.54, 1.807) is 26.0 Å². The van der Waals surface area contributed by atoms with Crippen LogP contribution in [-0.2, 0) is 0 Å². The van der Waals surface area contributed by atoms with Gasteiger partial charge in [-0.1, -0.05) is 6.07 Å². The Morgan fingerprint density at radius 2 is 1.58 bits per heavy atom. The van der Waals surface area contributed by atoms with Crippen LogP contribution in [0.2, 0.25) is 0 Å². The molecule has 5 heteroatoms. The summed E-state index contributed by atoms with van der Waals surface area (Å²) in [6.45, 7) is 3.57. The zero-order valence-corrected chi connectivity index (χ0v) is 10.5. The summed E-state index contributed by atoms with van der Waals surface area (Å²) in [5.74, 6) is -3.98. The molecule has 0 amide bonds. The molecule has 0 aliphatic rings. The molecule has 1 atom stereocenters. The summed E-state index contributed by atoms with van der Waals surface area (Å²) in [4.78, 5) is 4.18. The Hall–Kier alpha value is -1.88. The molecule has 2 aromatic rings. The van der Waals surface area contributed by atoms with Crippen LogP contribution in [0.5, 0.6) is 0 Å². The van der Waals surface area contributed by atoms with Crippen molar-refractivity contribution in [2.75, 3.05) is 0 Å².